The second kappa shape index (κ2) is 4.59. The van der Waals surface area contributed by atoms with E-state index in [0.717, 1.165) is 0 Å². The van der Waals surface area contributed by atoms with Gasteiger partial charge in [-0.3, -0.25) is 4.79 Å². The number of halogens is 4. The predicted molar refractivity (Wildman–Crippen MR) is 50.6 cm³/mol. The molecule has 0 saturated heterocycles. The zero-order valence-corrected chi connectivity index (χ0v) is 9.74. The van der Waals surface area contributed by atoms with Gasteiger partial charge in [-0.15, -0.1) is 0 Å². The van der Waals surface area contributed by atoms with Crippen LogP contribution in [0.4, 0.5) is 17.6 Å². The Labute approximate surface area is 92.0 Å². The van der Waals surface area contributed by atoms with E-state index in [4.69, 9.17) is 0 Å². The number of ether oxygens (including phenoxy) is 1. The van der Waals surface area contributed by atoms with Crippen LogP contribution in [0.15, 0.2) is 0 Å². The minimum atomic E-state index is -4.34. The summed E-state index contributed by atoms with van der Waals surface area (Å²) < 4.78 is 54.5. The van der Waals surface area contributed by atoms with Crippen molar-refractivity contribution in [1.82, 2.24) is 0 Å². The molecule has 2 nitrogen and oxygen atoms in total. The van der Waals surface area contributed by atoms with Crippen molar-refractivity contribution < 1.29 is 27.1 Å². The molecule has 0 aromatic carbocycles. The Morgan fingerprint density at radius 1 is 1.12 bits per heavy atom. The first-order valence-corrected chi connectivity index (χ1v) is 4.87. The zero-order valence-electron chi connectivity index (χ0n) is 9.74. The maximum absolute atomic E-state index is 12.8. The Morgan fingerprint density at radius 2 is 1.56 bits per heavy atom. The normalized spacial score (nSPS) is 13.8. The molecule has 0 aliphatic carbocycles. The summed E-state index contributed by atoms with van der Waals surface area (Å²) in [5, 5.41) is 0. The molecule has 6 heteroatoms. The SMILES string of the molecule is CCC(C)(C)C(=O)OCC(F)(F)C(C)(F)F. The number of hydrogen-bond donors (Lipinski definition) is 0. The maximum atomic E-state index is 12.8. The zero-order chi connectivity index (χ0) is 13.2. The van der Waals surface area contributed by atoms with Crippen LogP contribution in [0.2, 0.25) is 0 Å². The van der Waals surface area contributed by atoms with E-state index in [1.807, 2.05) is 0 Å². The lowest BCUT2D eigenvalue weighted by atomic mass is 9.91. The van der Waals surface area contributed by atoms with Crippen molar-refractivity contribution in [3.8, 4) is 0 Å². The maximum Gasteiger partial charge on any atom is 0.343 e. The van der Waals surface area contributed by atoms with Crippen molar-refractivity contribution in [2.45, 2.75) is 46.0 Å². The fourth-order valence-corrected chi connectivity index (χ4v) is 0.623. The number of carbonyl (C=O) groups excluding carboxylic acids is 1. The van der Waals surface area contributed by atoms with Crippen LogP contribution in [-0.4, -0.2) is 24.4 Å². The summed E-state index contributed by atoms with van der Waals surface area (Å²) in [5.41, 5.74) is -0.945. The predicted octanol–water partition coefficient (Wildman–Crippen LogP) is 3.26. The molecule has 0 aliphatic heterocycles. The minimum Gasteiger partial charge on any atom is -0.459 e. The lowest BCUT2D eigenvalue weighted by Gasteiger charge is -2.25. The van der Waals surface area contributed by atoms with Crippen molar-refractivity contribution in [2.24, 2.45) is 5.41 Å². The van der Waals surface area contributed by atoms with Gasteiger partial charge >= 0.3 is 17.8 Å². The van der Waals surface area contributed by atoms with E-state index in [-0.39, 0.29) is 6.92 Å². The first kappa shape index (κ1) is 15.2. The van der Waals surface area contributed by atoms with Crippen LogP contribution in [0.25, 0.3) is 0 Å². The molecule has 0 saturated carbocycles. The van der Waals surface area contributed by atoms with Crippen LogP contribution in [0.1, 0.15) is 34.1 Å². The smallest absolute Gasteiger partial charge is 0.343 e. The minimum absolute atomic E-state index is 0.0891. The largest absolute Gasteiger partial charge is 0.459 e. The molecular formula is C10H16F4O2. The van der Waals surface area contributed by atoms with Crippen LogP contribution < -0.4 is 0 Å². The molecule has 0 amide bonds. The van der Waals surface area contributed by atoms with E-state index in [1.54, 1.807) is 6.92 Å². The highest BCUT2D eigenvalue weighted by Gasteiger charge is 2.53. The van der Waals surface area contributed by atoms with Crippen molar-refractivity contribution in [2.75, 3.05) is 6.61 Å². The molecule has 0 unspecified atom stereocenters. The first-order valence-electron chi connectivity index (χ1n) is 4.87. The molecule has 0 bridgehead atoms. The molecule has 0 heterocycles. The molecule has 0 aromatic rings. The van der Waals surface area contributed by atoms with Crippen molar-refractivity contribution in [1.29, 1.82) is 0 Å². The van der Waals surface area contributed by atoms with Gasteiger partial charge < -0.3 is 4.74 Å². The lowest BCUT2D eigenvalue weighted by Crippen LogP contribution is -2.43. The summed E-state index contributed by atoms with van der Waals surface area (Å²) in [4.78, 5) is 11.3. The number of esters is 1. The van der Waals surface area contributed by atoms with Crippen LogP contribution in [0.3, 0.4) is 0 Å². The summed E-state index contributed by atoms with van der Waals surface area (Å²) in [5.74, 6) is -9.45. The van der Waals surface area contributed by atoms with Gasteiger partial charge in [0, 0.05) is 6.92 Å². The van der Waals surface area contributed by atoms with Crippen LogP contribution in [0.5, 0.6) is 0 Å². The van der Waals surface area contributed by atoms with Gasteiger partial charge in [0.2, 0.25) is 0 Å². The molecular weight excluding hydrogens is 228 g/mol. The summed E-state index contributed by atoms with van der Waals surface area (Å²) in [6, 6.07) is 0. The van der Waals surface area contributed by atoms with Crippen molar-refractivity contribution >= 4 is 5.97 Å². The third kappa shape index (κ3) is 3.64. The van der Waals surface area contributed by atoms with Crippen LogP contribution in [0, 0.1) is 5.41 Å². The van der Waals surface area contributed by atoms with Crippen LogP contribution in [-0.2, 0) is 9.53 Å². The molecule has 0 aromatic heterocycles. The quantitative estimate of drug-likeness (QED) is 0.548. The first-order chi connectivity index (χ1) is 6.94. The van der Waals surface area contributed by atoms with E-state index in [9.17, 15) is 22.4 Å². The standard InChI is InChI=1S/C10H16F4O2/c1-5-8(2,3)7(15)16-6-10(13,14)9(4,11)12/h5-6H2,1-4H3. The van der Waals surface area contributed by atoms with Gasteiger partial charge in [0.25, 0.3) is 0 Å². The summed E-state index contributed by atoms with van der Waals surface area (Å²) >= 11 is 0. The van der Waals surface area contributed by atoms with E-state index in [2.05, 4.69) is 4.74 Å². The molecule has 0 fully saturated rings. The molecule has 96 valence electrons. The third-order valence-electron chi connectivity index (χ3n) is 2.46. The van der Waals surface area contributed by atoms with Gasteiger partial charge in [-0.25, -0.2) is 8.78 Å². The van der Waals surface area contributed by atoms with E-state index in [1.165, 1.54) is 13.8 Å². The fourth-order valence-electron chi connectivity index (χ4n) is 0.623. The van der Waals surface area contributed by atoms with Crippen molar-refractivity contribution in [3.05, 3.63) is 0 Å². The van der Waals surface area contributed by atoms with Gasteiger partial charge in [0.05, 0.1) is 5.41 Å². The summed E-state index contributed by atoms with van der Waals surface area (Å²) in [7, 11) is 0. The monoisotopic (exact) mass is 244 g/mol. The molecule has 0 radical (unpaired) electrons. The molecule has 0 rings (SSSR count). The third-order valence-corrected chi connectivity index (χ3v) is 2.46. The molecule has 16 heavy (non-hydrogen) atoms. The van der Waals surface area contributed by atoms with E-state index in [0.29, 0.717) is 6.42 Å². The number of hydrogen-bond acceptors (Lipinski definition) is 2. The molecule has 0 N–H and O–H groups in total. The second-order valence-corrected chi connectivity index (χ2v) is 4.41. The van der Waals surface area contributed by atoms with E-state index < -0.39 is 29.8 Å². The van der Waals surface area contributed by atoms with Gasteiger partial charge in [-0.05, 0) is 20.3 Å². The van der Waals surface area contributed by atoms with Gasteiger partial charge in [-0.1, -0.05) is 6.92 Å². The van der Waals surface area contributed by atoms with Crippen LogP contribution >= 0.6 is 0 Å². The second-order valence-electron chi connectivity index (χ2n) is 4.41. The Hall–Kier alpha value is -0.810. The highest BCUT2D eigenvalue weighted by molar-refractivity contribution is 5.75. The fraction of sp³-hybridized carbons (Fsp3) is 0.900. The Balaban J connectivity index is 4.43. The number of rotatable bonds is 5. The Kier molecular flexibility index (Phi) is 4.36. The average molecular weight is 244 g/mol. The highest BCUT2D eigenvalue weighted by Crippen LogP contribution is 2.34. The average Bonchev–Trinajstić information content (AvgIpc) is 2.12. The molecule has 0 spiro atoms. The number of carbonyl (C=O) groups is 1. The lowest BCUT2D eigenvalue weighted by molar-refractivity contribution is -0.225. The highest BCUT2D eigenvalue weighted by atomic mass is 19.3. The van der Waals surface area contributed by atoms with Gasteiger partial charge in [0.1, 0.15) is 0 Å². The molecule has 0 aliphatic rings. The summed E-state index contributed by atoms with van der Waals surface area (Å²) in [6.45, 7) is 3.16. The Bertz CT molecular complexity index is 256. The topological polar surface area (TPSA) is 26.3 Å². The molecule has 0 atom stereocenters. The summed E-state index contributed by atoms with van der Waals surface area (Å²) in [6.07, 6.45) is 0.375. The number of alkyl halides is 4. The van der Waals surface area contributed by atoms with Crippen molar-refractivity contribution in [3.63, 3.8) is 0 Å². The van der Waals surface area contributed by atoms with E-state index >= 15 is 0 Å². The van der Waals surface area contributed by atoms with Gasteiger partial charge in [-0.2, -0.15) is 8.78 Å². The van der Waals surface area contributed by atoms with Gasteiger partial charge in [0.15, 0.2) is 6.61 Å². The Morgan fingerprint density at radius 3 is 1.88 bits per heavy atom.